The number of nitrogens with zero attached hydrogens (tertiary/aromatic N) is 1. The molecular formula is C15H23N3S. The van der Waals surface area contributed by atoms with Gasteiger partial charge in [0.15, 0.2) is 5.11 Å². The molecule has 104 valence electrons. The molecule has 0 unspecified atom stereocenters. The van der Waals surface area contributed by atoms with Crippen molar-refractivity contribution in [2.75, 3.05) is 0 Å². The fraction of sp³-hybridized carbons (Fsp3) is 0.467. The highest BCUT2D eigenvalue weighted by molar-refractivity contribution is 7.80. The second-order valence-electron chi connectivity index (χ2n) is 5.06. The van der Waals surface area contributed by atoms with Crippen molar-refractivity contribution in [3.8, 4) is 0 Å². The molecule has 4 heteroatoms. The van der Waals surface area contributed by atoms with Gasteiger partial charge in [0.1, 0.15) is 0 Å². The average Bonchev–Trinajstić information content (AvgIpc) is 2.41. The minimum Gasteiger partial charge on any atom is -0.357 e. The van der Waals surface area contributed by atoms with Crippen LogP contribution in [0.2, 0.25) is 0 Å². The maximum absolute atomic E-state index is 5.18. The predicted octanol–water partition coefficient (Wildman–Crippen LogP) is 3.46. The van der Waals surface area contributed by atoms with Crippen LogP contribution in [0.25, 0.3) is 0 Å². The van der Waals surface area contributed by atoms with Gasteiger partial charge in [0.2, 0.25) is 0 Å². The van der Waals surface area contributed by atoms with Crippen molar-refractivity contribution in [3.63, 3.8) is 0 Å². The van der Waals surface area contributed by atoms with Crippen LogP contribution in [-0.2, 0) is 6.54 Å². The summed E-state index contributed by atoms with van der Waals surface area (Å²) in [7, 11) is 0. The van der Waals surface area contributed by atoms with Crippen LogP contribution < -0.4 is 10.7 Å². The number of hydrazone groups is 1. The lowest BCUT2D eigenvalue weighted by Gasteiger charge is -2.08. The molecule has 19 heavy (non-hydrogen) atoms. The molecule has 0 bridgehead atoms. The summed E-state index contributed by atoms with van der Waals surface area (Å²) in [4.78, 5) is 0. The lowest BCUT2D eigenvalue weighted by Crippen LogP contribution is -2.32. The van der Waals surface area contributed by atoms with Gasteiger partial charge in [0.25, 0.3) is 0 Å². The zero-order valence-electron chi connectivity index (χ0n) is 11.9. The lowest BCUT2D eigenvalue weighted by molar-refractivity contribution is 0.602. The van der Waals surface area contributed by atoms with Crippen LogP contribution in [0.3, 0.4) is 0 Å². The summed E-state index contributed by atoms with van der Waals surface area (Å²) >= 11 is 5.18. The molecule has 2 N–H and O–H groups in total. The zero-order valence-corrected chi connectivity index (χ0v) is 12.8. The Hall–Kier alpha value is -1.42. The van der Waals surface area contributed by atoms with E-state index in [-0.39, 0.29) is 0 Å². The Morgan fingerprint density at radius 1 is 1.26 bits per heavy atom. The third-order valence-corrected chi connectivity index (χ3v) is 2.96. The van der Waals surface area contributed by atoms with E-state index in [0.29, 0.717) is 17.6 Å². The Kier molecular flexibility index (Phi) is 7.11. The molecule has 0 saturated carbocycles. The molecular weight excluding hydrogens is 254 g/mol. The first-order chi connectivity index (χ1) is 9.08. The highest BCUT2D eigenvalue weighted by Gasteiger charge is 1.98. The van der Waals surface area contributed by atoms with Crippen LogP contribution in [0.15, 0.2) is 35.4 Å². The third-order valence-electron chi connectivity index (χ3n) is 2.73. The van der Waals surface area contributed by atoms with Gasteiger partial charge in [0, 0.05) is 12.3 Å². The largest absolute Gasteiger partial charge is 0.357 e. The molecule has 0 aliphatic rings. The van der Waals surface area contributed by atoms with Gasteiger partial charge in [-0.15, -0.1) is 0 Å². The van der Waals surface area contributed by atoms with E-state index in [1.54, 1.807) is 0 Å². The van der Waals surface area contributed by atoms with Crippen molar-refractivity contribution in [2.24, 2.45) is 11.0 Å². The van der Waals surface area contributed by atoms with Gasteiger partial charge in [-0.05, 0) is 43.5 Å². The molecule has 0 aliphatic carbocycles. The number of thiocarbonyl (C=S) groups is 1. The monoisotopic (exact) mass is 277 g/mol. The Bertz CT molecular complexity index is 413. The van der Waals surface area contributed by atoms with Crippen molar-refractivity contribution in [2.45, 2.75) is 40.2 Å². The van der Waals surface area contributed by atoms with Gasteiger partial charge in [-0.3, -0.25) is 5.43 Å². The summed E-state index contributed by atoms with van der Waals surface area (Å²) in [5.41, 5.74) is 5.17. The van der Waals surface area contributed by atoms with Crippen LogP contribution in [-0.4, -0.2) is 10.8 Å². The minimum atomic E-state index is 0.563. The Morgan fingerprint density at radius 3 is 2.58 bits per heavy atom. The Balaban J connectivity index is 2.26. The van der Waals surface area contributed by atoms with E-state index >= 15 is 0 Å². The van der Waals surface area contributed by atoms with Gasteiger partial charge in [0.05, 0.1) is 0 Å². The van der Waals surface area contributed by atoms with Gasteiger partial charge in [-0.1, -0.05) is 44.2 Å². The number of hydrogen-bond donors (Lipinski definition) is 2. The maximum Gasteiger partial charge on any atom is 0.187 e. The van der Waals surface area contributed by atoms with Crippen molar-refractivity contribution < 1.29 is 0 Å². The van der Waals surface area contributed by atoms with Crippen molar-refractivity contribution >= 4 is 23.0 Å². The molecule has 0 saturated heterocycles. The summed E-state index contributed by atoms with van der Waals surface area (Å²) in [5.74, 6) is 0.702. The maximum atomic E-state index is 5.18. The average molecular weight is 277 g/mol. The first kappa shape index (κ1) is 15.6. The summed E-state index contributed by atoms with van der Waals surface area (Å²) in [6, 6.07) is 10.2. The molecule has 0 aliphatic heterocycles. The molecule has 0 aromatic heterocycles. The molecule has 1 aromatic carbocycles. The summed E-state index contributed by atoms with van der Waals surface area (Å²) in [6.45, 7) is 7.17. The molecule has 0 spiro atoms. The van der Waals surface area contributed by atoms with E-state index in [0.717, 1.165) is 18.6 Å². The smallest absolute Gasteiger partial charge is 0.187 e. The normalized spacial score (nSPS) is 11.5. The number of nitrogens with one attached hydrogen (secondary N) is 2. The van der Waals surface area contributed by atoms with Gasteiger partial charge < -0.3 is 5.32 Å². The molecule has 0 fully saturated rings. The fourth-order valence-corrected chi connectivity index (χ4v) is 1.64. The standard InChI is InChI=1S/C15H23N3S/c1-12(2)9-10-13(3)17-18-15(19)16-11-14-7-5-4-6-8-14/h4-8,12H,9-11H2,1-3H3,(H2,16,18,19). The van der Waals surface area contributed by atoms with E-state index in [4.69, 9.17) is 12.2 Å². The van der Waals surface area contributed by atoms with Gasteiger partial charge in [-0.25, -0.2) is 0 Å². The quantitative estimate of drug-likeness (QED) is 0.475. The topological polar surface area (TPSA) is 36.4 Å². The van der Waals surface area contributed by atoms with E-state index in [2.05, 4.69) is 41.8 Å². The molecule has 0 atom stereocenters. The Labute approximate surface area is 121 Å². The fourth-order valence-electron chi connectivity index (χ4n) is 1.52. The molecule has 1 rings (SSSR count). The third kappa shape index (κ3) is 7.57. The van der Waals surface area contributed by atoms with Gasteiger partial charge in [-0.2, -0.15) is 5.10 Å². The number of benzene rings is 1. The molecule has 0 radical (unpaired) electrons. The first-order valence-corrected chi connectivity index (χ1v) is 7.09. The van der Waals surface area contributed by atoms with Crippen LogP contribution in [0, 0.1) is 5.92 Å². The van der Waals surface area contributed by atoms with E-state index in [9.17, 15) is 0 Å². The first-order valence-electron chi connectivity index (χ1n) is 6.69. The van der Waals surface area contributed by atoms with Crippen molar-refractivity contribution in [1.82, 2.24) is 10.7 Å². The minimum absolute atomic E-state index is 0.563. The number of hydrogen-bond acceptors (Lipinski definition) is 2. The van der Waals surface area contributed by atoms with Crippen LogP contribution in [0.5, 0.6) is 0 Å². The van der Waals surface area contributed by atoms with E-state index in [1.165, 1.54) is 5.56 Å². The summed E-state index contributed by atoms with van der Waals surface area (Å²) in [5, 5.41) is 7.97. The zero-order chi connectivity index (χ0) is 14.1. The second kappa shape index (κ2) is 8.64. The molecule has 3 nitrogen and oxygen atoms in total. The van der Waals surface area contributed by atoms with E-state index < -0.39 is 0 Å². The van der Waals surface area contributed by atoms with Crippen LogP contribution in [0.1, 0.15) is 39.2 Å². The summed E-state index contributed by atoms with van der Waals surface area (Å²) < 4.78 is 0. The van der Waals surface area contributed by atoms with Crippen LogP contribution in [0.4, 0.5) is 0 Å². The SMILES string of the molecule is CC(CCC(C)C)=NNC(=S)NCc1ccccc1. The predicted molar refractivity (Wildman–Crippen MR) is 86.2 cm³/mol. The van der Waals surface area contributed by atoms with Crippen LogP contribution >= 0.6 is 12.2 Å². The molecule has 1 aromatic rings. The summed E-state index contributed by atoms with van der Waals surface area (Å²) in [6.07, 6.45) is 2.16. The van der Waals surface area contributed by atoms with Crippen molar-refractivity contribution in [1.29, 1.82) is 0 Å². The highest BCUT2D eigenvalue weighted by Crippen LogP contribution is 2.04. The van der Waals surface area contributed by atoms with Crippen molar-refractivity contribution in [3.05, 3.63) is 35.9 Å². The Morgan fingerprint density at radius 2 is 1.95 bits per heavy atom. The van der Waals surface area contributed by atoms with Gasteiger partial charge >= 0.3 is 0 Å². The van der Waals surface area contributed by atoms with E-state index in [1.807, 2.05) is 25.1 Å². The molecule has 0 amide bonds. The molecule has 0 heterocycles. The second-order valence-corrected chi connectivity index (χ2v) is 5.47. The highest BCUT2D eigenvalue weighted by atomic mass is 32.1. The number of rotatable bonds is 6. The lowest BCUT2D eigenvalue weighted by atomic mass is 10.1.